The van der Waals surface area contributed by atoms with Crippen molar-refractivity contribution in [3.63, 3.8) is 0 Å². The van der Waals surface area contributed by atoms with Crippen LogP contribution >= 0.6 is 0 Å². The molecule has 1 heterocycles. The Balaban J connectivity index is 2.04. The third kappa shape index (κ3) is 4.16. The van der Waals surface area contributed by atoms with Crippen LogP contribution in [0.2, 0.25) is 0 Å². The molecule has 0 saturated carbocycles. The monoisotopic (exact) mass is 292 g/mol. The van der Waals surface area contributed by atoms with Crippen molar-refractivity contribution in [3.05, 3.63) is 40.5 Å². The van der Waals surface area contributed by atoms with E-state index in [0.717, 1.165) is 5.69 Å². The summed E-state index contributed by atoms with van der Waals surface area (Å²) in [5, 5.41) is 17.6. The lowest BCUT2D eigenvalue weighted by atomic mass is 10.2. The number of rotatable bonds is 7. The average Bonchev–Trinajstić information content (AvgIpc) is 2.91. The highest BCUT2D eigenvalue weighted by molar-refractivity contribution is 5.58. The summed E-state index contributed by atoms with van der Waals surface area (Å²) < 4.78 is 10.4. The van der Waals surface area contributed by atoms with E-state index in [1.54, 1.807) is 12.1 Å². The van der Waals surface area contributed by atoms with Crippen LogP contribution in [0.1, 0.15) is 19.7 Å². The summed E-state index contributed by atoms with van der Waals surface area (Å²) in [6, 6.07) is 4.68. The molecule has 0 aliphatic rings. The minimum Gasteiger partial charge on any atom is -0.484 e. The van der Waals surface area contributed by atoms with Crippen LogP contribution in [0.15, 0.2) is 29.0 Å². The van der Waals surface area contributed by atoms with Gasteiger partial charge in [0.2, 0.25) is 5.89 Å². The topological polar surface area (TPSA) is 103 Å². The van der Waals surface area contributed by atoms with Crippen LogP contribution in [0.25, 0.3) is 0 Å². The van der Waals surface area contributed by atoms with Crippen LogP contribution < -0.4 is 10.1 Å². The average molecular weight is 292 g/mol. The lowest BCUT2D eigenvalue weighted by molar-refractivity contribution is -0.386. The summed E-state index contributed by atoms with van der Waals surface area (Å²) in [5.74, 6) is 0.779. The largest absolute Gasteiger partial charge is 0.484 e. The quantitative estimate of drug-likeness (QED) is 0.617. The molecule has 8 nitrogen and oxygen atoms in total. The highest BCUT2D eigenvalue weighted by Gasteiger charge is 2.16. The van der Waals surface area contributed by atoms with Crippen molar-refractivity contribution in [3.8, 4) is 5.75 Å². The molecule has 8 heteroatoms. The van der Waals surface area contributed by atoms with E-state index < -0.39 is 4.92 Å². The zero-order valence-corrected chi connectivity index (χ0v) is 11.8. The maximum Gasteiger partial charge on any atom is 0.311 e. The van der Waals surface area contributed by atoms with E-state index in [1.807, 2.05) is 13.8 Å². The van der Waals surface area contributed by atoms with Gasteiger partial charge in [0.25, 0.3) is 0 Å². The van der Waals surface area contributed by atoms with Crippen molar-refractivity contribution >= 4 is 11.4 Å². The number of anilines is 1. The Bertz CT molecular complexity index is 598. The van der Waals surface area contributed by atoms with Gasteiger partial charge in [0.15, 0.2) is 12.1 Å². The molecule has 1 aromatic heterocycles. The Kier molecular flexibility index (Phi) is 4.70. The molecule has 0 atom stereocenters. The molecule has 112 valence electrons. The number of nitro benzene ring substituents is 1. The van der Waals surface area contributed by atoms with Crippen molar-refractivity contribution in [2.75, 3.05) is 11.9 Å². The summed E-state index contributed by atoms with van der Waals surface area (Å²) >= 11 is 0. The predicted molar refractivity (Wildman–Crippen MR) is 75.4 cm³/mol. The van der Waals surface area contributed by atoms with E-state index in [2.05, 4.69) is 15.5 Å². The fraction of sp³-hybridized carbons (Fsp3) is 0.385. The van der Waals surface area contributed by atoms with Crippen LogP contribution in [0.5, 0.6) is 5.75 Å². The zero-order chi connectivity index (χ0) is 15.2. The third-order valence-electron chi connectivity index (χ3n) is 2.59. The highest BCUT2D eigenvalue weighted by atomic mass is 16.6. The number of benzene rings is 1. The lowest BCUT2D eigenvalue weighted by Crippen LogP contribution is -2.09. The first-order valence-electron chi connectivity index (χ1n) is 6.51. The number of nitro groups is 1. The standard InChI is InChI=1S/C13H16N4O4/c1-9(2)20-12-7-10(3-4-11(12)17(18)19)14-6-5-13-15-8-16-21-13/h3-4,7-9,14H,5-6H2,1-2H3. The van der Waals surface area contributed by atoms with Gasteiger partial charge >= 0.3 is 5.69 Å². The molecule has 0 bridgehead atoms. The molecule has 1 N–H and O–H groups in total. The van der Waals surface area contributed by atoms with Crippen LogP contribution in [0.4, 0.5) is 11.4 Å². The molecule has 0 amide bonds. The summed E-state index contributed by atoms with van der Waals surface area (Å²) in [7, 11) is 0. The van der Waals surface area contributed by atoms with Crippen molar-refractivity contribution in [1.82, 2.24) is 10.1 Å². The molecular formula is C13H16N4O4. The number of aromatic nitrogens is 2. The molecule has 0 radical (unpaired) electrons. The fourth-order valence-corrected chi connectivity index (χ4v) is 1.74. The summed E-state index contributed by atoms with van der Waals surface area (Å²) in [6.45, 7) is 4.21. The van der Waals surface area contributed by atoms with E-state index in [0.29, 0.717) is 18.9 Å². The second kappa shape index (κ2) is 6.69. The molecule has 21 heavy (non-hydrogen) atoms. The number of ether oxygens (including phenoxy) is 1. The molecule has 2 rings (SSSR count). The van der Waals surface area contributed by atoms with E-state index in [1.165, 1.54) is 12.4 Å². The molecule has 0 fully saturated rings. The van der Waals surface area contributed by atoms with Crippen LogP contribution in [0.3, 0.4) is 0 Å². The summed E-state index contributed by atoms with van der Waals surface area (Å²) in [4.78, 5) is 14.4. The van der Waals surface area contributed by atoms with Crippen LogP contribution in [-0.2, 0) is 6.42 Å². The minimum atomic E-state index is -0.458. The summed E-state index contributed by atoms with van der Waals surface area (Å²) in [6.07, 6.45) is 1.77. The van der Waals surface area contributed by atoms with Crippen molar-refractivity contribution < 1.29 is 14.2 Å². The molecular weight excluding hydrogens is 276 g/mol. The Hall–Kier alpha value is -2.64. The van der Waals surface area contributed by atoms with Crippen LogP contribution in [-0.4, -0.2) is 27.7 Å². The van der Waals surface area contributed by atoms with Gasteiger partial charge in [0.05, 0.1) is 11.0 Å². The van der Waals surface area contributed by atoms with Gasteiger partial charge < -0.3 is 14.6 Å². The summed E-state index contributed by atoms with van der Waals surface area (Å²) in [5.41, 5.74) is 0.682. The fourth-order valence-electron chi connectivity index (χ4n) is 1.74. The highest BCUT2D eigenvalue weighted by Crippen LogP contribution is 2.30. The van der Waals surface area contributed by atoms with Crippen LogP contribution in [0, 0.1) is 10.1 Å². The number of hydrogen-bond donors (Lipinski definition) is 1. The molecule has 0 aliphatic heterocycles. The molecule has 0 spiro atoms. The lowest BCUT2D eigenvalue weighted by Gasteiger charge is -2.12. The molecule has 1 aromatic carbocycles. The van der Waals surface area contributed by atoms with E-state index in [-0.39, 0.29) is 17.5 Å². The van der Waals surface area contributed by atoms with Gasteiger partial charge in [-0.25, -0.2) is 0 Å². The van der Waals surface area contributed by atoms with Crippen molar-refractivity contribution in [1.29, 1.82) is 0 Å². The van der Waals surface area contributed by atoms with Crippen molar-refractivity contribution in [2.24, 2.45) is 0 Å². The van der Waals surface area contributed by atoms with Gasteiger partial charge in [-0.05, 0) is 19.9 Å². The van der Waals surface area contributed by atoms with E-state index >= 15 is 0 Å². The van der Waals surface area contributed by atoms with Gasteiger partial charge in [-0.3, -0.25) is 10.1 Å². The zero-order valence-electron chi connectivity index (χ0n) is 11.8. The van der Waals surface area contributed by atoms with Gasteiger partial charge in [-0.2, -0.15) is 4.98 Å². The Morgan fingerprint density at radius 2 is 2.29 bits per heavy atom. The second-order valence-electron chi connectivity index (χ2n) is 4.62. The minimum absolute atomic E-state index is 0.0499. The maximum atomic E-state index is 11.0. The normalized spacial score (nSPS) is 10.6. The smallest absolute Gasteiger partial charge is 0.311 e. The first-order chi connectivity index (χ1) is 10.1. The van der Waals surface area contributed by atoms with E-state index in [9.17, 15) is 10.1 Å². The Morgan fingerprint density at radius 1 is 1.48 bits per heavy atom. The second-order valence-corrected chi connectivity index (χ2v) is 4.62. The molecule has 0 unspecified atom stereocenters. The molecule has 0 saturated heterocycles. The van der Waals surface area contributed by atoms with Gasteiger partial charge in [0, 0.05) is 30.8 Å². The van der Waals surface area contributed by atoms with Gasteiger partial charge in [0.1, 0.15) is 0 Å². The molecule has 0 aliphatic carbocycles. The SMILES string of the molecule is CC(C)Oc1cc(NCCc2ncno2)ccc1[N+](=O)[O-]. The number of nitrogens with zero attached hydrogens (tertiary/aromatic N) is 3. The van der Waals surface area contributed by atoms with Crippen molar-refractivity contribution in [2.45, 2.75) is 26.4 Å². The Labute approximate surface area is 121 Å². The number of nitrogens with one attached hydrogen (secondary N) is 1. The van der Waals surface area contributed by atoms with E-state index in [4.69, 9.17) is 9.26 Å². The first kappa shape index (κ1) is 14.8. The third-order valence-corrected chi connectivity index (χ3v) is 2.59. The maximum absolute atomic E-state index is 11.0. The number of hydrogen-bond acceptors (Lipinski definition) is 7. The Morgan fingerprint density at radius 3 is 2.90 bits per heavy atom. The predicted octanol–water partition coefficient (Wildman–Crippen LogP) is 2.42. The van der Waals surface area contributed by atoms with Gasteiger partial charge in [-0.1, -0.05) is 5.16 Å². The first-order valence-corrected chi connectivity index (χ1v) is 6.51. The molecule has 2 aromatic rings. The van der Waals surface area contributed by atoms with Gasteiger partial charge in [-0.15, -0.1) is 0 Å².